The smallest absolute Gasteiger partial charge is 0.326 e. The summed E-state index contributed by atoms with van der Waals surface area (Å²) in [6.45, 7) is 3.36. The summed E-state index contributed by atoms with van der Waals surface area (Å²) < 4.78 is 12.9. The number of amides is 2. The molecule has 5 nitrogen and oxygen atoms in total. The van der Waals surface area contributed by atoms with Gasteiger partial charge in [0, 0.05) is 5.69 Å². The first-order valence-electron chi connectivity index (χ1n) is 5.46. The Balaban J connectivity index is 2.63. The number of halogens is 1. The topological polar surface area (TPSA) is 78.4 Å². The lowest BCUT2D eigenvalue weighted by molar-refractivity contribution is -0.140. The van der Waals surface area contributed by atoms with Crippen LogP contribution < -0.4 is 10.6 Å². The largest absolute Gasteiger partial charge is 0.480 e. The SMILES string of the molecule is CC(C)C(NC(=O)Nc1cccc(F)c1)C(=O)O. The standard InChI is InChI=1S/C12H15FN2O3/c1-7(2)10(11(16)17)15-12(18)14-9-5-3-4-8(13)6-9/h3-7,10H,1-2H3,(H,16,17)(H2,14,15,18). The Morgan fingerprint density at radius 3 is 2.50 bits per heavy atom. The van der Waals surface area contributed by atoms with Crippen LogP contribution in [0.15, 0.2) is 24.3 Å². The number of anilines is 1. The van der Waals surface area contributed by atoms with E-state index in [1.165, 1.54) is 18.2 Å². The molecule has 1 aromatic carbocycles. The molecule has 0 aliphatic carbocycles. The predicted octanol–water partition coefficient (Wildman–Crippen LogP) is 2.06. The van der Waals surface area contributed by atoms with Crippen LogP contribution in [-0.2, 0) is 4.79 Å². The molecule has 2 amide bonds. The van der Waals surface area contributed by atoms with Crippen LogP contribution in [0.3, 0.4) is 0 Å². The summed E-state index contributed by atoms with van der Waals surface area (Å²) in [7, 11) is 0. The second-order valence-corrected chi connectivity index (χ2v) is 4.17. The van der Waals surface area contributed by atoms with E-state index in [2.05, 4.69) is 10.6 Å². The van der Waals surface area contributed by atoms with Gasteiger partial charge >= 0.3 is 12.0 Å². The summed E-state index contributed by atoms with van der Waals surface area (Å²) >= 11 is 0. The summed E-state index contributed by atoms with van der Waals surface area (Å²) in [4.78, 5) is 22.4. The zero-order valence-corrected chi connectivity index (χ0v) is 10.1. The van der Waals surface area contributed by atoms with Gasteiger partial charge in [0.2, 0.25) is 0 Å². The van der Waals surface area contributed by atoms with Gasteiger partial charge in [-0.2, -0.15) is 0 Å². The van der Waals surface area contributed by atoms with Crippen molar-refractivity contribution in [1.29, 1.82) is 0 Å². The van der Waals surface area contributed by atoms with Crippen LogP contribution >= 0.6 is 0 Å². The third kappa shape index (κ3) is 4.04. The molecule has 6 heteroatoms. The van der Waals surface area contributed by atoms with Crippen molar-refractivity contribution >= 4 is 17.7 Å². The zero-order chi connectivity index (χ0) is 13.7. The van der Waals surface area contributed by atoms with Crippen molar-refractivity contribution in [2.24, 2.45) is 5.92 Å². The number of aliphatic carboxylic acids is 1. The molecule has 0 fully saturated rings. The first-order valence-corrected chi connectivity index (χ1v) is 5.46. The highest BCUT2D eigenvalue weighted by Gasteiger charge is 2.23. The van der Waals surface area contributed by atoms with Crippen LogP contribution in [0.25, 0.3) is 0 Å². The maximum absolute atomic E-state index is 12.9. The number of carbonyl (C=O) groups is 2. The molecule has 1 aromatic rings. The number of carboxylic acid groups (broad SMARTS) is 1. The van der Waals surface area contributed by atoms with Crippen molar-refractivity contribution in [3.8, 4) is 0 Å². The minimum Gasteiger partial charge on any atom is -0.480 e. The Bertz CT molecular complexity index is 449. The second kappa shape index (κ2) is 6.00. The van der Waals surface area contributed by atoms with Crippen molar-refractivity contribution in [2.75, 3.05) is 5.32 Å². The number of urea groups is 1. The number of carboxylic acids is 1. The van der Waals surface area contributed by atoms with Crippen molar-refractivity contribution in [2.45, 2.75) is 19.9 Å². The highest BCUT2D eigenvalue weighted by Crippen LogP contribution is 2.09. The van der Waals surface area contributed by atoms with Gasteiger partial charge in [0.1, 0.15) is 11.9 Å². The Kier molecular flexibility index (Phi) is 4.65. The molecular weight excluding hydrogens is 239 g/mol. The minimum atomic E-state index is -1.11. The van der Waals surface area contributed by atoms with E-state index in [1.807, 2.05) is 0 Å². The minimum absolute atomic E-state index is 0.249. The van der Waals surface area contributed by atoms with Gasteiger partial charge in [-0.1, -0.05) is 19.9 Å². The van der Waals surface area contributed by atoms with Gasteiger partial charge in [-0.15, -0.1) is 0 Å². The average Bonchev–Trinajstić information content (AvgIpc) is 2.25. The highest BCUT2D eigenvalue weighted by molar-refractivity contribution is 5.92. The molecule has 0 bridgehead atoms. The van der Waals surface area contributed by atoms with E-state index in [0.717, 1.165) is 6.07 Å². The van der Waals surface area contributed by atoms with E-state index in [4.69, 9.17) is 5.11 Å². The van der Waals surface area contributed by atoms with Gasteiger partial charge < -0.3 is 15.7 Å². The first-order chi connectivity index (χ1) is 8.40. The lowest BCUT2D eigenvalue weighted by Gasteiger charge is -2.18. The van der Waals surface area contributed by atoms with E-state index >= 15 is 0 Å². The van der Waals surface area contributed by atoms with Gasteiger partial charge in [0.05, 0.1) is 0 Å². The Labute approximate surface area is 104 Å². The molecule has 0 aliphatic rings. The third-order valence-corrected chi connectivity index (χ3v) is 2.30. The van der Waals surface area contributed by atoms with Crippen molar-refractivity contribution in [3.05, 3.63) is 30.1 Å². The first kappa shape index (κ1) is 14.0. The van der Waals surface area contributed by atoms with Crippen molar-refractivity contribution < 1.29 is 19.1 Å². The molecule has 0 spiro atoms. The second-order valence-electron chi connectivity index (χ2n) is 4.17. The number of hydrogen-bond donors (Lipinski definition) is 3. The van der Waals surface area contributed by atoms with Crippen molar-refractivity contribution in [3.63, 3.8) is 0 Å². The van der Waals surface area contributed by atoms with Gasteiger partial charge in [0.25, 0.3) is 0 Å². The molecule has 18 heavy (non-hydrogen) atoms. The van der Waals surface area contributed by atoms with Gasteiger partial charge in [0.15, 0.2) is 0 Å². The fourth-order valence-corrected chi connectivity index (χ4v) is 1.39. The van der Waals surface area contributed by atoms with Crippen LogP contribution in [0.2, 0.25) is 0 Å². The van der Waals surface area contributed by atoms with Crippen LogP contribution in [0.1, 0.15) is 13.8 Å². The normalized spacial score (nSPS) is 12.0. The van der Waals surface area contributed by atoms with Gasteiger partial charge in [-0.25, -0.2) is 14.0 Å². The number of nitrogens with one attached hydrogen (secondary N) is 2. The monoisotopic (exact) mass is 254 g/mol. The molecule has 0 saturated heterocycles. The van der Waals surface area contributed by atoms with E-state index in [0.29, 0.717) is 0 Å². The lowest BCUT2D eigenvalue weighted by Crippen LogP contribution is -2.46. The summed E-state index contributed by atoms with van der Waals surface area (Å²) in [6.07, 6.45) is 0. The molecular formula is C12H15FN2O3. The quantitative estimate of drug-likeness (QED) is 0.769. The van der Waals surface area contributed by atoms with Crippen LogP contribution in [0.5, 0.6) is 0 Å². The third-order valence-electron chi connectivity index (χ3n) is 2.30. The Hall–Kier alpha value is -2.11. The van der Waals surface area contributed by atoms with Gasteiger partial charge in [-0.05, 0) is 24.1 Å². The molecule has 0 radical (unpaired) electrons. The van der Waals surface area contributed by atoms with E-state index in [9.17, 15) is 14.0 Å². The molecule has 1 rings (SSSR count). The number of benzene rings is 1. The Morgan fingerprint density at radius 2 is 2.00 bits per heavy atom. The zero-order valence-electron chi connectivity index (χ0n) is 10.1. The molecule has 0 aliphatic heterocycles. The predicted molar refractivity (Wildman–Crippen MR) is 64.8 cm³/mol. The Morgan fingerprint density at radius 1 is 1.33 bits per heavy atom. The maximum atomic E-state index is 12.9. The number of carbonyl (C=O) groups excluding carboxylic acids is 1. The molecule has 3 N–H and O–H groups in total. The number of hydrogen-bond acceptors (Lipinski definition) is 2. The lowest BCUT2D eigenvalue weighted by atomic mass is 10.1. The molecule has 1 unspecified atom stereocenters. The maximum Gasteiger partial charge on any atom is 0.326 e. The molecule has 98 valence electrons. The van der Waals surface area contributed by atoms with Gasteiger partial charge in [-0.3, -0.25) is 0 Å². The van der Waals surface area contributed by atoms with E-state index < -0.39 is 23.9 Å². The molecule has 0 heterocycles. The van der Waals surface area contributed by atoms with E-state index in [-0.39, 0.29) is 11.6 Å². The summed E-state index contributed by atoms with van der Waals surface area (Å²) in [5, 5.41) is 13.6. The average molecular weight is 254 g/mol. The van der Waals surface area contributed by atoms with Crippen LogP contribution in [-0.4, -0.2) is 23.1 Å². The summed E-state index contributed by atoms with van der Waals surface area (Å²) in [6, 6.07) is 3.68. The summed E-state index contributed by atoms with van der Waals surface area (Å²) in [5.74, 6) is -1.84. The molecule has 1 atom stereocenters. The molecule has 0 aromatic heterocycles. The fourth-order valence-electron chi connectivity index (χ4n) is 1.39. The highest BCUT2D eigenvalue weighted by atomic mass is 19.1. The fraction of sp³-hybridized carbons (Fsp3) is 0.333. The summed E-state index contributed by atoms with van der Waals surface area (Å²) in [5.41, 5.74) is 0.264. The number of rotatable bonds is 4. The van der Waals surface area contributed by atoms with E-state index in [1.54, 1.807) is 13.8 Å². The van der Waals surface area contributed by atoms with Crippen molar-refractivity contribution in [1.82, 2.24) is 5.32 Å². The van der Waals surface area contributed by atoms with Crippen LogP contribution in [0, 0.1) is 11.7 Å². The van der Waals surface area contributed by atoms with Crippen LogP contribution in [0.4, 0.5) is 14.9 Å². The molecule has 0 saturated carbocycles.